The van der Waals surface area contributed by atoms with Crippen molar-refractivity contribution >= 4 is 16.0 Å². The van der Waals surface area contributed by atoms with Crippen LogP contribution in [0, 0.1) is 0 Å². The van der Waals surface area contributed by atoms with Gasteiger partial charge in [0.2, 0.25) is 10.0 Å². The van der Waals surface area contributed by atoms with Crippen molar-refractivity contribution in [1.82, 2.24) is 15.4 Å². The molecular weight excluding hydrogens is 328 g/mol. The minimum Gasteiger partial charge on any atom is -0.383 e. The Kier molecular flexibility index (Phi) is 8.73. The van der Waals surface area contributed by atoms with Crippen LogP contribution in [0.3, 0.4) is 0 Å². The number of benzene rings is 1. The van der Waals surface area contributed by atoms with Gasteiger partial charge in [-0.3, -0.25) is 0 Å². The van der Waals surface area contributed by atoms with E-state index >= 15 is 0 Å². The van der Waals surface area contributed by atoms with Crippen LogP contribution >= 0.6 is 0 Å². The van der Waals surface area contributed by atoms with Crippen molar-refractivity contribution in [1.29, 1.82) is 0 Å². The number of nitrogens with zero attached hydrogens (tertiary/aromatic N) is 1. The Hall–Kier alpha value is -1.64. The van der Waals surface area contributed by atoms with E-state index in [9.17, 15) is 8.42 Å². The number of aliphatic imine (C=N–C) groups is 1. The topological polar surface area (TPSA) is 91.8 Å². The van der Waals surface area contributed by atoms with Crippen LogP contribution < -0.4 is 15.4 Å². The maximum Gasteiger partial charge on any atom is 0.215 e. The van der Waals surface area contributed by atoms with Gasteiger partial charge in [-0.05, 0) is 32.0 Å². The minimum absolute atomic E-state index is 0.0375. The molecule has 0 fully saturated rings. The van der Waals surface area contributed by atoms with E-state index in [0.29, 0.717) is 19.1 Å². The van der Waals surface area contributed by atoms with E-state index in [0.717, 1.165) is 17.7 Å². The Bertz CT molecular complexity index is 632. The summed E-state index contributed by atoms with van der Waals surface area (Å²) in [6, 6.07) is 7.58. The van der Waals surface area contributed by atoms with E-state index in [-0.39, 0.29) is 11.8 Å². The smallest absolute Gasteiger partial charge is 0.215 e. The highest BCUT2D eigenvalue weighted by molar-refractivity contribution is 7.88. The molecule has 0 aliphatic heterocycles. The fraction of sp³-hybridized carbons (Fsp3) is 0.562. The first-order chi connectivity index (χ1) is 11.4. The Balaban J connectivity index is 2.78. The molecule has 0 aromatic heterocycles. The summed E-state index contributed by atoms with van der Waals surface area (Å²) >= 11 is 0. The van der Waals surface area contributed by atoms with E-state index in [1.54, 1.807) is 13.2 Å². The standard InChI is InChI=1S/C16H28N4O3S/c1-5-18-16(20-13(2)11-23-4)19-10-14-7-6-8-15(9-14)12-24(21,22)17-3/h6-9,13,17H,5,10-12H2,1-4H3,(H2,18,19,20). The maximum absolute atomic E-state index is 11.6. The largest absolute Gasteiger partial charge is 0.383 e. The molecule has 0 aliphatic carbocycles. The monoisotopic (exact) mass is 356 g/mol. The van der Waals surface area contributed by atoms with Crippen LogP contribution in [0.25, 0.3) is 0 Å². The second-order valence-corrected chi connectivity index (χ2v) is 7.41. The SMILES string of the molecule is CCNC(=NCc1cccc(CS(=O)(=O)NC)c1)NC(C)COC. The molecule has 0 heterocycles. The third-order valence-electron chi connectivity index (χ3n) is 3.22. The van der Waals surface area contributed by atoms with E-state index < -0.39 is 10.0 Å². The zero-order chi connectivity index (χ0) is 18.0. The molecule has 1 rings (SSSR count). The lowest BCUT2D eigenvalue weighted by Gasteiger charge is -2.17. The Morgan fingerprint density at radius 1 is 1.33 bits per heavy atom. The average molecular weight is 356 g/mol. The van der Waals surface area contributed by atoms with Crippen LogP contribution in [0.5, 0.6) is 0 Å². The van der Waals surface area contributed by atoms with Crippen molar-refractivity contribution in [2.24, 2.45) is 4.99 Å². The van der Waals surface area contributed by atoms with Crippen molar-refractivity contribution in [2.45, 2.75) is 32.2 Å². The average Bonchev–Trinajstić information content (AvgIpc) is 2.53. The lowest BCUT2D eigenvalue weighted by atomic mass is 10.1. The van der Waals surface area contributed by atoms with E-state index in [2.05, 4.69) is 20.3 Å². The number of sulfonamides is 1. The number of rotatable bonds is 9. The van der Waals surface area contributed by atoms with E-state index in [4.69, 9.17) is 4.74 Å². The molecule has 7 nitrogen and oxygen atoms in total. The lowest BCUT2D eigenvalue weighted by Crippen LogP contribution is -2.43. The third-order valence-corrected chi connectivity index (χ3v) is 4.56. The summed E-state index contributed by atoms with van der Waals surface area (Å²) in [5, 5.41) is 6.44. The van der Waals surface area contributed by atoms with Gasteiger partial charge in [-0.25, -0.2) is 18.1 Å². The van der Waals surface area contributed by atoms with Crippen LogP contribution in [-0.4, -0.2) is 47.7 Å². The Morgan fingerprint density at radius 3 is 2.67 bits per heavy atom. The van der Waals surface area contributed by atoms with Crippen LogP contribution in [0.4, 0.5) is 0 Å². The lowest BCUT2D eigenvalue weighted by molar-refractivity contribution is 0.179. The molecule has 8 heteroatoms. The molecule has 24 heavy (non-hydrogen) atoms. The van der Waals surface area contributed by atoms with Gasteiger partial charge in [0.15, 0.2) is 5.96 Å². The first-order valence-corrected chi connectivity index (χ1v) is 9.58. The van der Waals surface area contributed by atoms with Gasteiger partial charge in [-0.1, -0.05) is 24.3 Å². The normalized spacial score (nSPS) is 13.6. The summed E-state index contributed by atoms with van der Waals surface area (Å²) in [5.74, 6) is 0.667. The molecule has 3 N–H and O–H groups in total. The first-order valence-electron chi connectivity index (χ1n) is 7.93. The molecule has 1 atom stereocenters. The van der Waals surface area contributed by atoms with Gasteiger partial charge in [-0.2, -0.15) is 0 Å². The number of nitrogens with one attached hydrogen (secondary N) is 3. The molecule has 0 saturated carbocycles. The number of guanidine groups is 1. The van der Waals surface area contributed by atoms with Crippen molar-refractivity contribution in [3.63, 3.8) is 0 Å². The predicted molar refractivity (Wildman–Crippen MR) is 97.4 cm³/mol. The molecular formula is C16H28N4O3S. The van der Waals surface area contributed by atoms with Gasteiger partial charge in [0.05, 0.1) is 18.9 Å². The number of hydrogen-bond acceptors (Lipinski definition) is 4. The highest BCUT2D eigenvalue weighted by atomic mass is 32.2. The summed E-state index contributed by atoms with van der Waals surface area (Å²) in [6.45, 7) is 5.82. The Morgan fingerprint density at radius 2 is 2.04 bits per heavy atom. The van der Waals surface area contributed by atoms with Crippen LogP contribution in [-0.2, 0) is 27.1 Å². The van der Waals surface area contributed by atoms with Gasteiger partial charge in [0, 0.05) is 19.7 Å². The van der Waals surface area contributed by atoms with Crippen molar-refractivity contribution in [3.05, 3.63) is 35.4 Å². The fourth-order valence-corrected chi connectivity index (χ4v) is 2.89. The Labute approximate surface area is 145 Å². The van der Waals surface area contributed by atoms with Gasteiger partial charge in [-0.15, -0.1) is 0 Å². The van der Waals surface area contributed by atoms with Crippen LogP contribution in [0.2, 0.25) is 0 Å². The number of methoxy groups -OCH3 is 1. The van der Waals surface area contributed by atoms with Crippen molar-refractivity contribution in [3.8, 4) is 0 Å². The summed E-state index contributed by atoms with van der Waals surface area (Å²) in [5.41, 5.74) is 1.69. The maximum atomic E-state index is 11.6. The number of hydrogen-bond donors (Lipinski definition) is 3. The van der Waals surface area contributed by atoms with Gasteiger partial charge >= 0.3 is 0 Å². The molecule has 0 radical (unpaired) electrons. The molecule has 0 saturated heterocycles. The molecule has 0 aliphatic rings. The summed E-state index contributed by atoms with van der Waals surface area (Å²) < 4.78 is 30.7. The van der Waals surface area contributed by atoms with Crippen molar-refractivity contribution < 1.29 is 13.2 Å². The molecule has 1 aromatic carbocycles. The zero-order valence-corrected chi connectivity index (χ0v) is 15.6. The van der Waals surface area contributed by atoms with Crippen LogP contribution in [0.1, 0.15) is 25.0 Å². The minimum atomic E-state index is -3.28. The second-order valence-electron chi connectivity index (χ2n) is 5.48. The van der Waals surface area contributed by atoms with Crippen LogP contribution in [0.15, 0.2) is 29.3 Å². The summed E-state index contributed by atoms with van der Waals surface area (Å²) in [6.07, 6.45) is 0. The molecule has 0 spiro atoms. The van der Waals surface area contributed by atoms with Crippen molar-refractivity contribution in [2.75, 3.05) is 27.3 Å². The van der Waals surface area contributed by atoms with Gasteiger partial charge < -0.3 is 15.4 Å². The quantitative estimate of drug-likeness (QED) is 0.450. The van der Waals surface area contributed by atoms with E-state index in [1.165, 1.54) is 7.05 Å². The summed E-state index contributed by atoms with van der Waals surface area (Å²) in [4.78, 5) is 4.54. The zero-order valence-electron chi connectivity index (χ0n) is 14.8. The fourth-order valence-electron chi connectivity index (χ4n) is 2.12. The third kappa shape index (κ3) is 7.76. The molecule has 136 valence electrons. The summed E-state index contributed by atoms with van der Waals surface area (Å²) in [7, 11) is -0.200. The molecule has 0 bridgehead atoms. The van der Waals surface area contributed by atoms with Gasteiger partial charge in [0.1, 0.15) is 0 Å². The van der Waals surface area contributed by atoms with Gasteiger partial charge in [0.25, 0.3) is 0 Å². The second kappa shape index (κ2) is 10.3. The molecule has 1 unspecified atom stereocenters. The predicted octanol–water partition coefficient (Wildman–Crippen LogP) is 0.826. The highest BCUT2D eigenvalue weighted by Gasteiger charge is 2.09. The molecule has 1 aromatic rings. The highest BCUT2D eigenvalue weighted by Crippen LogP contribution is 2.09. The van der Waals surface area contributed by atoms with E-state index in [1.807, 2.05) is 32.0 Å². The first kappa shape index (κ1) is 20.4. The molecule has 0 amide bonds. The number of ether oxygens (including phenoxy) is 1.